The Balaban J connectivity index is 1.45. The highest BCUT2D eigenvalue weighted by atomic mass is 16.5. The monoisotopic (exact) mass is 348 g/mol. The van der Waals surface area contributed by atoms with E-state index in [1.54, 1.807) is 0 Å². The molecule has 0 radical (unpaired) electrons. The molecule has 136 valence electrons. The summed E-state index contributed by atoms with van der Waals surface area (Å²) in [5.41, 5.74) is 1.54. The van der Waals surface area contributed by atoms with Crippen molar-refractivity contribution in [1.29, 1.82) is 0 Å². The number of fused-ring (bicyclic) bond motifs is 9. The molecule has 0 N–H and O–H groups in total. The van der Waals surface area contributed by atoms with Gasteiger partial charge < -0.3 is 4.74 Å². The van der Waals surface area contributed by atoms with Crippen molar-refractivity contribution in [2.75, 3.05) is 6.61 Å². The van der Waals surface area contributed by atoms with E-state index in [9.17, 15) is 4.79 Å². The third-order valence-corrected chi connectivity index (χ3v) is 8.88. The van der Waals surface area contributed by atoms with Crippen LogP contribution in [0, 0.1) is 40.9 Å². The van der Waals surface area contributed by atoms with Crippen molar-refractivity contribution >= 4 is 5.78 Å². The van der Waals surface area contributed by atoms with Crippen LogP contribution in [0.25, 0.3) is 0 Å². The fraction of sp³-hybridized carbons (Fsp3) is 0.625. The lowest BCUT2D eigenvalue weighted by molar-refractivity contribution is -0.130. The van der Waals surface area contributed by atoms with Crippen LogP contribution in [0.2, 0.25) is 0 Å². The zero-order valence-corrected chi connectivity index (χ0v) is 15.4. The fourth-order valence-corrected chi connectivity index (χ4v) is 8.11. The van der Waals surface area contributed by atoms with Crippen molar-refractivity contribution in [2.24, 2.45) is 40.9 Å². The minimum atomic E-state index is -0.0199. The van der Waals surface area contributed by atoms with Crippen LogP contribution >= 0.6 is 0 Å². The molecule has 3 saturated carbocycles. The van der Waals surface area contributed by atoms with Gasteiger partial charge in [-0.25, -0.2) is 0 Å². The molecule has 6 aliphatic rings. The summed E-state index contributed by atoms with van der Waals surface area (Å²) in [5, 5.41) is 0. The van der Waals surface area contributed by atoms with Crippen LogP contribution in [0.5, 0.6) is 0 Å². The first-order chi connectivity index (χ1) is 12.7. The Hall–Kier alpha value is -1.41. The number of carbonyl (C=O) groups excluding carboxylic acids is 1. The Bertz CT molecular complexity index is 773. The smallest absolute Gasteiger partial charge is 0.155 e. The van der Waals surface area contributed by atoms with Gasteiger partial charge in [0.2, 0.25) is 0 Å². The molecule has 6 rings (SSSR count). The van der Waals surface area contributed by atoms with Gasteiger partial charge in [-0.1, -0.05) is 30.4 Å². The topological polar surface area (TPSA) is 26.3 Å². The molecule has 2 nitrogen and oxygen atoms in total. The Morgan fingerprint density at radius 1 is 1.31 bits per heavy atom. The van der Waals surface area contributed by atoms with Gasteiger partial charge >= 0.3 is 0 Å². The van der Waals surface area contributed by atoms with Gasteiger partial charge in [0, 0.05) is 11.8 Å². The van der Waals surface area contributed by atoms with Gasteiger partial charge in [-0.2, -0.15) is 0 Å². The molecule has 0 saturated heterocycles. The SMILES string of the molecule is C=CCC12CCC3C4CCC(=O)C=C4C=CC3C1C1CC1C21C=CCO1. The maximum Gasteiger partial charge on any atom is 0.155 e. The number of hydrogen-bond acceptors (Lipinski definition) is 2. The number of carbonyl (C=O) groups is 1. The molecular weight excluding hydrogens is 320 g/mol. The predicted octanol–water partition coefficient (Wildman–Crippen LogP) is 4.64. The van der Waals surface area contributed by atoms with Crippen LogP contribution in [0.3, 0.4) is 0 Å². The summed E-state index contributed by atoms with van der Waals surface area (Å²) >= 11 is 0. The van der Waals surface area contributed by atoms with Crippen molar-refractivity contribution in [3.63, 3.8) is 0 Å². The molecule has 3 fully saturated rings. The molecule has 26 heavy (non-hydrogen) atoms. The molecule has 0 aromatic rings. The lowest BCUT2D eigenvalue weighted by atomic mass is 9.49. The second-order valence-electron chi connectivity index (χ2n) is 9.58. The highest BCUT2D eigenvalue weighted by Gasteiger charge is 2.77. The molecular formula is C24H28O2. The van der Waals surface area contributed by atoms with E-state index in [4.69, 9.17) is 4.74 Å². The largest absolute Gasteiger partial charge is 0.366 e. The van der Waals surface area contributed by atoms with Crippen molar-refractivity contribution in [3.8, 4) is 0 Å². The van der Waals surface area contributed by atoms with Crippen molar-refractivity contribution < 1.29 is 9.53 Å². The van der Waals surface area contributed by atoms with Crippen LogP contribution < -0.4 is 0 Å². The third kappa shape index (κ3) is 1.70. The summed E-state index contributed by atoms with van der Waals surface area (Å²) in [6, 6.07) is 0. The van der Waals surface area contributed by atoms with E-state index in [1.165, 1.54) is 24.8 Å². The zero-order valence-electron chi connectivity index (χ0n) is 15.4. The second-order valence-corrected chi connectivity index (χ2v) is 9.58. The minimum absolute atomic E-state index is 0.0199. The lowest BCUT2D eigenvalue weighted by Crippen LogP contribution is -2.55. The maximum absolute atomic E-state index is 11.9. The molecule has 1 heterocycles. The van der Waals surface area contributed by atoms with Crippen molar-refractivity contribution in [1.82, 2.24) is 0 Å². The molecule has 0 aromatic carbocycles. The molecule has 8 unspecified atom stereocenters. The molecule has 8 atom stereocenters. The first kappa shape index (κ1) is 15.6. The molecule has 2 heteroatoms. The van der Waals surface area contributed by atoms with E-state index in [0.717, 1.165) is 49.5 Å². The van der Waals surface area contributed by atoms with E-state index < -0.39 is 0 Å². The molecule has 0 aromatic heterocycles. The Morgan fingerprint density at radius 2 is 2.23 bits per heavy atom. The highest BCUT2D eigenvalue weighted by molar-refractivity contribution is 5.91. The lowest BCUT2D eigenvalue weighted by Gasteiger charge is -2.57. The number of rotatable bonds is 2. The summed E-state index contributed by atoms with van der Waals surface area (Å²) in [7, 11) is 0. The van der Waals surface area contributed by atoms with Gasteiger partial charge in [0.1, 0.15) is 0 Å². The second kappa shape index (κ2) is 5.10. The Kier molecular flexibility index (Phi) is 3.06. The van der Waals surface area contributed by atoms with E-state index in [-0.39, 0.29) is 11.0 Å². The minimum Gasteiger partial charge on any atom is -0.366 e. The fourth-order valence-electron chi connectivity index (χ4n) is 8.11. The number of ketones is 1. The first-order valence-electron chi connectivity index (χ1n) is 10.6. The summed E-state index contributed by atoms with van der Waals surface area (Å²) < 4.78 is 6.54. The first-order valence-corrected chi connectivity index (χ1v) is 10.6. The van der Waals surface area contributed by atoms with Gasteiger partial charge in [0.15, 0.2) is 5.78 Å². The normalized spacial score (nSPS) is 52.9. The summed E-state index contributed by atoms with van der Waals surface area (Å²) in [4.78, 5) is 11.9. The number of hydrogen-bond donors (Lipinski definition) is 0. The number of ether oxygens (including phenoxy) is 1. The van der Waals surface area contributed by atoms with Gasteiger partial charge in [0.05, 0.1) is 12.2 Å². The van der Waals surface area contributed by atoms with E-state index in [0.29, 0.717) is 17.6 Å². The summed E-state index contributed by atoms with van der Waals surface area (Å²) in [6.45, 7) is 4.93. The van der Waals surface area contributed by atoms with Crippen molar-refractivity contribution in [2.45, 2.75) is 44.1 Å². The standard InChI is InChI=1S/C24H28O2/c1-2-9-23-11-8-18-17-7-5-16(25)13-15(17)4-6-19(18)22(23)20-14-21(20)24(23)10-3-12-26-24/h2-4,6,10,13,17-22H,1,5,7-9,11-12,14H2. The third-order valence-electron chi connectivity index (χ3n) is 8.88. The van der Waals surface area contributed by atoms with Gasteiger partial charge in [-0.05, 0) is 79.3 Å². The van der Waals surface area contributed by atoms with E-state index in [2.05, 4.69) is 37.0 Å². The van der Waals surface area contributed by atoms with Crippen LogP contribution in [0.15, 0.2) is 48.6 Å². The quantitative estimate of drug-likeness (QED) is 0.680. The van der Waals surface area contributed by atoms with Crippen molar-refractivity contribution in [3.05, 3.63) is 48.6 Å². The van der Waals surface area contributed by atoms with Crippen LogP contribution in [0.4, 0.5) is 0 Å². The highest BCUT2D eigenvalue weighted by Crippen LogP contribution is 2.78. The average molecular weight is 348 g/mol. The predicted molar refractivity (Wildman–Crippen MR) is 101 cm³/mol. The van der Waals surface area contributed by atoms with Crippen LogP contribution in [-0.4, -0.2) is 18.0 Å². The van der Waals surface area contributed by atoms with Crippen LogP contribution in [-0.2, 0) is 9.53 Å². The average Bonchev–Trinajstić information content (AvgIpc) is 3.21. The molecule has 0 bridgehead atoms. The van der Waals surface area contributed by atoms with E-state index in [1.807, 2.05) is 6.08 Å². The Morgan fingerprint density at radius 3 is 3.04 bits per heavy atom. The van der Waals surface area contributed by atoms with Gasteiger partial charge in [-0.3, -0.25) is 4.79 Å². The maximum atomic E-state index is 11.9. The zero-order chi connectivity index (χ0) is 17.5. The molecule has 0 amide bonds. The molecule has 1 aliphatic heterocycles. The Labute approximate surface area is 156 Å². The van der Waals surface area contributed by atoms with E-state index >= 15 is 0 Å². The van der Waals surface area contributed by atoms with Gasteiger partial charge in [0.25, 0.3) is 0 Å². The summed E-state index contributed by atoms with van der Waals surface area (Å²) in [6.07, 6.45) is 20.4. The van der Waals surface area contributed by atoms with Crippen LogP contribution in [0.1, 0.15) is 38.5 Å². The molecule has 1 spiro atoms. The summed E-state index contributed by atoms with van der Waals surface area (Å²) in [5.74, 6) is 4.59. The van der Waals surface area contributed by atoms with Gasteiger partial charge in [-0.15, -0.1) is 6.58 Å². The molecule has 5 aliphatic carbocycles. The number of allylic oxidation sites excluding steroid dienone is 5.